The number of esters is 1. The van der Waals surface area contributed by atoms with Gasteiger partial charge in [-0.15, -0.1) is 11.3 Å². The average Bonchev–Trinajstić information content (AvgIpc) is 3.27. The smallest absolute Gasteiger partial charge is 0.338 e. The first-order valence-electron chi connectivity index (χ1n) is 8.70. The summed E-state index contributed by atoms with van der Waals surface area (Å²) in [7, 11) is 0. The van der Waals surface area contributed by atoms with E-state index in [-0.39, 0.29) is 12.4 Å². The van der Waals surface area contributed by atoms with Crippen LogP contribution < -0.4 is 5.73 Å². The van der Waals surface area contributed by atoms with Gasteiger partial charge in [0.25, 0.3) is 0 Å². The lowest BCUT2D eigenvalue weighted by molar-refractivity contribution is 0.0474. The normalized spacial score (nSPS) is 10.7. The standard InChI is InChI=1S/C21H22N2O3S/c1-14-12-19(15(2)23(14)10-9-18-4-3-11-27-18)20(24)13-26-21(25)16-5-7-17(22)8-6-16/h3-8,11-12H,9-10,13,22H2,1-2H3. The molecule has 2 N–H and O–H groups in total. The number of nitrogens with zero attached hydrogens (tertiary/aromatic N) is 1. The summed E-state index contributed by atoms with van der Waals surface area (Å²) in [5.41, 5.74) is 9.07. The van der Waals surface area contributed by atoms with Crippen LogP contribution in [0.1, 0.15) is 37.0 Å². The van der Waals surface area contributed by atoms with E-state index >= 15 is 0 Å². The zero-order valence-electron chi connectivity index (χ0n) is 15.4. The third kappa shape index (κ3) is 4.46. The molecule has 0 fully saturated rings. The monoisotopic (exact) mass is 382 g/mol. The lowest BCUT2D eigenvalue weighted by Crippen LogP contribution is -2.15. The van der Waals surface area contributed by atoms with Crippen LogP contribution in [0.25, 0.3) is 0 Å². The maximum Gasteiger partial charge on any atom is 0.338 e. The Morgan fingerprint density at radius 3 is 2.56 bits per heavy atom. The fourth-order valence-corrected chi connectivity index (χ4v) is 3.71. The number of nitrogens with two attached hydrogens (primary N) is 1. The lowest BCUT2D eigenvalue weighted by atomic mass is 10.1. The fraction of sp³-hybridized carbons (Fsp3) is 0.238. The van der Waals surface area contributed by atoms with Gasteiger partial charge in [0.15, 0.2) is 6.61 Å². The number of ether oxygens (including phenoxy) is 1. The van der Waals surface area contributed by atoms with E-state index in [4.69, 9.17) is 10.5 Å². The molecule has 0 saturated carbocycles. The van der Waals surface area contributed by atoms with Gasteiger partial charge >= 0.3 is 5.97 Å². The third-order valence-electron chi connectivity index (χ3n) is 4.52. The molecule has 27 heavy (non-hydrogen) atoms. The topological polar surface area (TPSA) is 74.3 Å². The van der Waals surface area contributed by atoms with Crippen molar-refractivity contribution >= 4 is 28.8 Å². The van der Waals surface area contributed by atoms with Gasteiger partial charge in [-0.2, -0.15) is 0 Å². The minimum absolute atomic E-state index is 0.200. The number of ketones is 1. The number of nitrogen functional groups attached to an aromatic ring is 1. The Bertz CT molecular complexity index is 941. The highest BCUT2D eigenvalue weighted by molar-refractivity contribution is 7.09. The van der Waals surface area contributed by atoms with E-state index < -0.39 is 5.97 Å². The second-order valence-electron chi connectivity index (χ2n) is 6.39. The number of hydrogen-bond donors (Lipinski definition) is 1. The Balaban J connectivity index is 1.63. The lowest BCUT2D eigenvalue weighted by Gasteiger charge is -2.09. The van der Waals surface area contributed by atoms with Gasteiger partial charge in [0, 0.05) is 34.1 Å². The summed E-state index contributed by atoms with van der Waals surface area (Å²) >= 11 is 1.73. The number of aromatic nitrogens is 1. The van der Waals surface area contributed by atoms with Crippen LogP contribution >= 0.6 is 11.3 Å². The number of carbonyl (C=O) groups excluding carboxylic acids is 2. The van der Waals surface area contributed by atoms with Crippen LogP contribution in [0.3, 0.4) is 0 Å². The van der Waals surface area contributed by atoms with Crippen LogP contribution in [-0.4, -0.2) is 22.9 Å². The Labute approximate surface area is 162 Å². The molecule has 0 atom stereocenters. The first kappa shape index (κ1) is 18.9. The molecule has 3 aromatic rings. The molecule has 0 amide bonds. The Morgan fingerprint density at radius 1 is 1.15 bits per heavy atom. The van der Waals surface area contributed by atoms with Crippen LogP contribution in [0.15, 0.2) is 47.8 Å². The zero-order chi connectivity index (χ0) is 19.4. The highest BCUT2D eigenvalue weighted by Crippen LogP contribution is 2.18. The fourth-order valence-electron chi connectivity index (χ4n) is 3.02. The second-order valence-corrected chi connectivity index (χ2v) is 7.42. The van der Waals surface area contributed by atoms with Crippen LogP contribution in [0.4, 0.5) is 5.69 Å². The highest BCUT2D eigenvalue weighted by atomic mass is 32.1. The van der Waals surface area contributed by atoms with Gasteiger partial charge < -0.3 is 15.0 Å². The van der Waals surface area contributed by atoms with Gasteiger partial charge in [0.2, 0.25) is 5.78 Å². The molecule has 5 nitrogen and oxygen atoms in total. The van der Waals surface area contributed by atoms with E-state index in [1.807, 2.05) is 26.0 Å². The molecule has 0 aliphatic carbocycles. The summed E-state index contributed by atoms with van der Waals surface area (Å²) in [6.07, 6.45) is 0.924. The first-order valence-corrected chi connectivity index (χ1v) is 9.58. The van der Waals surface area contributed by atoms with Crippen molar-refractivity contribution in [2.24, 2.45) is 0 Å². The minimum atomic E-state index is -0.533. The minimum Gasteiger partial charge on any atom is -0.454 e. The molecule has 0 saturated heterocycles. The molecule has 0 spiro atoms. The van der Waals surface area contributed by atoms with Crippen molar-refractivity contribution in [1.29, 1.82) is 0 Å². The predicted octanol–water partition coefficient (Wildman–Crippen LogP) is 4.03. The van der Waals surface area contributed by atoms with Crippen LogP contribution in [0.5, 0.6) is 0 Å². The van der Waals surface area contributed by atoms with Crippen molar-refractivity contribution in [2.75, 3.05) is 12.3 Å². The van der Waals surface area contributed by atoms with E-state index in [0.29, 0.717) is 16.8 Å². The summed E-state index contributed by atoms with van der Waals surface area (Å²) in [5, 5.41) is 2.06. The van der Waals surface area contributed by atoms with Gasteiger partial charge in [-0.25, -0.2) is 4.79 Å². The molecular formula is C21H22N2O3S. The summed E-state index contributed by atoms with van der Waals surface area (Å²) in [4.78, 5) is 25.9. The number of rotatable bonds is 7. The van der Waals surface area contributed by atoms with Crippen LogP contribution in [0, 0.1) is 13.8 Å². The molecule has 2 heterocycles. The molecule has 0 aliphatic rings. The second kappa shape index (κ2) is 8.22. The number of benzene rings is 1. The van der Waals surface area contributed by atoms with Gasteiger partial charge in [0.1, 0.15) is 0 Å². The molecule has 0 unspecified atom stereocenters. The maximum absolute atomic E-state index is 12.5. The number of aryl methyl sites for hydroxylation is 2. The average molecular weight is 382 g/mol. The molecule has 0 bridgehead atoms. The number of hydrogen-bond acceptors (Lipinski definition) is 5. The van der Waals surface area contributed by atoms with Gasteiger partial charge in [-0.1, -0.05) is 6.07 Å². The summed E-state index contributed by atoms with van der Waals surface area (Å²) in [6.45, 7) is 4.45. The molecular weight excluding hydrogens is 360 g/mol. The van der Waals surface area contributed by atoms with Gasteiger partial charge in [0.05, 0.1) is 5.56 Å². The molecule has 3 rings (SSSR count). The summed E-state index contributed by atoms with van der Waals surface area (Å²) in [6, 6.07) is 12.4. The van der Waals surface area contributed by atoms with E-state index in [1.165, 1.54) is 4.88 Å². The third-order valence-corrected chi connectivity index (χ3v) is 5.45. The highest BCUT2D eigenvalue weighted by Gasteiger charge is 2.18. The SMILES string of the molecule is Cc1cc(C(=O)COC(=O)c2ccc(N)cc2)c(C)n1CCc1cccs1. The Morgan fingerprint density at radius 2 is 1.89 bits per heavy atom. The number of anilines is 1. The van der Waals surface area contributed by atoms with Crippen molar-refractivity contribution in [2.45, 2.75) is 26.8 Å². The van der Waals surface area contributed by atoms with E-state index in [0.717, 1.165) is 24.4 Å². The predicted molar refractivity (Wildman–Crippen MR) is 107 cm³/mol. The molecule has 2 aromatic heterocycles. The zero-order valence-corrected chi connectivity index (χ0v) is 16.2. The largest absolute Gasteiger partial charge is 0.454 e. The van der Waals surface area contributed by atoms with Crippen molar-refractivity contribution in [1.82, 2.24) is 4.57 Å². The number of carbonyl (C=O) groups is 2. The molecule has 0 aliphatic heterocycles. The molecule has 1 aromatic carbocycles. The van der Waals surface area contributed by atoms with Crippen molar-refractivity contribution in [3.8, 4) is 0 Å². The summed E-state index contributed by atoms with van der Waals surface area (Å²) < 4.78 is 7.30. The van der Waals surface area contributed by atoms with Crippen LogP contribution in [0.2, 0.25) is 0 Å². The Kier molecular flexibility index (Phi) is 5.76. The van der Waals surface area contributed by atoms with E-state index in [2.05, 4.69) is 16.0 Å². The quantitative estimate of drug-likeness (QED) is 0.380. The van der Waals surface area contributed by atoms with Gasteiger partial charge in [-0.05, 0) is 62.0 Å². The number of Topliss-reactive ketones (excluding diaryl/α,β-unsaturated/α-hetero) is 1. The number of thiophene rings is 1. The first-order chi connectivity index (χ1) is 13.0. The van der Waals surface area contributed by atoms with Crippen LogP contribution in [-0.2, 0) is 17.7 Å². The summed E-state index contributed by atoms with van der Waals surface area (Å²) in [5.74, 6) is -0.732. The molecule has 0 radical (unpaired) electrons. The Hall–Kier alpha value is -2.86. The van der Waals surface area contributed by atoms with Crippen molar-refractivity contribution < 1.29 is 14.3 Å². The maximum atomic E-state index is 12.5. The van der Waals surface area contributed by atoms with Gasteiger partial charge in [-0.3, -0.25) is 4.79 Å². The van der Waals surface area contributed by atoms with E-state index in [9.17, 15) is 9.59 Å². The van der Waals surface area contributed by atoms with Crippen molar-refractivity contribution in [3.05, 3.63) is 75.2 Å². The van der Waals surface area contributed by atoms with E-state index in [1.54, 1.807) is 35.6 Å². The molecule has 6 heteroatoms. The van der Waals surface area contributed by atoms with Crippen molar-refractivity contribution in [3.63, 3.8) is 0 Å². The molecule has 140 valence electrons.